The molecular formula is C18H20ClF3N4O. The van der Waals surface area contributed by atoms with E-state index >= 15 is 0 Å². The lowest BCUT2D eigenvalue weighted by Gasteiger charge is -2.38. The maximum absolute atomic E-state index is 14.7. The van der Waals surface area contributed by atoms with E-state index in [9.17, 15) is 13.2 Å². The molecule has 0 aromatic carbocycles. The molecule has 0 spiro atoms. The van der Waals surface area contributed by atoms with Gasteiger partial charge in [0.1, 0.15) is 16.7 Å². The van der Waals surface area contributed by atoms with Crippen LogP contribution in [-0.4, -0.2) is 51.6 Å². The van der Waals surface area contributed by atoms with Crippen LogP contribution in [-0.2, 0) is 6.54 Å². The predicted molar refractivity (Wildman–Crippen MR) is 97.4 cm³/mol. The number of aliphatic hydroxyl groups excluding tert-OH is 1. The number of nitrogens with one attached hydrogen (secondary N) is 1. The molecule has 2 aromatic rings. The highest BCUT2D eigenvalue weighted by Crippen LogP contribution is 2.32. The number of anilines is 1. The summed E-state index contributed by atoms with van der Waals surface area (Å²) in [6.45, 7) is 1.46. The van der Waals surface area contributed by atoms with Crippen LogP contribution in [0.3, 0.4) is 0 Å². The summed E-state index contributed by atoms with van der Waals surface area (Å²) in [5.74, 6) is -3.23. The molecule has 3 heterocycles. The fraction of sp³-hybridized carbons (Fsp3) is 0.444. The number of hydrogen-bond donors (Lipinski definition) is 2. The van der Waals surface area contributed by atoms with Gasteiger partial charge in [-0.05, 0) is 31.0 Å². The Morgan fingerprint density at radius 2 is 2.04 bits per heavy atom. The van der Waals surface area contributed by atoms with E-state index in [0.717, 1.165) is 0 Å². The Hall–Kier alpha value is -1.90. The molecule has 5 nitrogen and oxygen atoms in total. The Morgan fingerprint density at radius 1 is 1.30 bits per heavy atom. The van der Waals surface area contributed by atoms with Crippen molar-refractivity contribution in [2.45, 2.75) is 31.9 Å². The monoisotopic (exact) mass is 400 g/mol. The highest BCUT2D eigenvalue weighted by Gasteiger charge is 2.43. The van der Waals surface area contributed by atoms with Gasteiger partial charge < -0.3 is 10.4 Å². The van der Waals surface area contributed by atoms with Crippen LogP contribution in [0.2, 0.25) is 5.15 Å². The van der Waals surface area contributed by atoms with Gasteiger partial charge in [0.15, 0.2) is 0 Å². The average Bonchev–Trinajstić information content (AvgIpc) is 2.54. The lowest BCUT2D eigenvalue weighted by atomic mass is 10.1. The van der Waals surface area contributed by atoms with Gasteiger partial charge in [0.2, 0.25) is 0 Å². The first-order valence-electron chi connectivity index (χ1n) is 8.55. The van der Waals surface area contributed by atoms with Crippen molar-refractivity contribution < 1.29 is 18.3 Å². The van der Waals surface area contributed by atoms with E-state index in [1.54, 1.807) is 6.07 Å². The molecule has 1 aliphatic heterocycles. The summed E-state index contributed by atoms with van der Waals surface area (Å²) in [6, 6.07) is 2.80. The van der Waals surface area contributed by atoms with Gasteiger partial charge in [0.05, 0.1) is 13.1 Å². The zero-order valence-corrected chi connectivity index (χ0v) is 15.5. The van der Waals surface area contributed by atoms with Crippen molar-refractivity contribution in [2.24, 2.45) is 0 Å². The third-order valence-electron chi connectivity index (χ3n) is 4.30. The van der Waals surface area contributed by atoms with E-state index in [2.05, 4.69) is 15.3 Å². The quantitative estimate of drug-likeness (QED) is 0.696. The summed E-state index contributed by atoms with van der Waals surface area (Å²) in [4.78, 5) is 9.71. The highest BCUT2D eigenvalue weighted by molar-refractivity contribution is 6.29. The third kappa shape index (κ3) is 4.88. The van der Waals surface area contributed by atoms with Crippen molar-refractivity contribution >= 4 is 17.3 Å². The van der Waals surface area contributed by atoms with Crippen molar-refractivity contribution in [2.75, 3.05) is 25.0 Å². The number of alkyl halides is 2. The Kier molecular flexibility index (Phi) is 5.88. The van der Waals surface area contributed by atoms with Gasteiger partial charge in [-0.3, -0.25) is 9.88 Å². The summed E-state index contributed by atoms with van der Waals surface area (Å²) in [6.07, 6.45) is 3.41. The molecule has 0 aliphatic carbocycles. The SMILES string of the molecule is C[C@@H](CCO)Nc1cc(Cl)ncc1-c1ncc(CN2CC(F)(F)C2)cc1F. The number of halogens is 4. The maximum atomic E-state index is 14.7. The summed E-state index contributed by atoms with van der Waals surface area (Å²) in [5.41, 5.74) is 1.61. The van der Waals surface area contributed by atoms with Gasteiger partial charge in [0, 0.05) is 42.8 Å². The minimum atomic E-state index is -2.66. The zero-order chi connectivity index (χ0) is 19.6. The van der Waals surface area contributed by atoms with Crippen molar-refractivity contribution in [1.82, 2.24) is 14.9 Å². The molecule has 1 aliphatic rings. The molecule has 2 aromatic heterocycles. The van der Waals surface area contributed by atoms with Crippen LogP contribution < -0.4 is 5.32 Å². The van der Waals surface area contributed by atoms with Gasteiger partial charge in [-0.1, -0.05) is 11.6 Å². The Morgan fingerprint density at radius 3 is 2.67 bits per heavy atom. The first-order valence-corrected chi connectivity index (χ1v) is 8.93. The number of nitrogens with zero attached hydrogens (tertiary/aromatic N) is 3. The van der Waals surface area contributed by atoms with Gasteiger partial charge in [-0.15, -0.1) is 0 Å². The summed E-state index contributed by atoms with van der Waals surface area (Å²) < 4.78 is 40.5. The fourth-order valence-corrected chi connectivity index (χ4v) is 3.17. The van der Waals surface area contributed by atoms with Gasteiger partial charge >= 0.3 is 0 Å². The van der Waals surface area contributed by atoms with Crippen LogP contribution in [0, 0.1) is 5.82 Å². The van der Waals surface area contributed by atoms with Crippen LogP contribution in [0.15, 0.2) is 24.5 Å². The first kappa shape index (κ1) is 19.9. The number of aliphatic hydroxyl groups is 1. The molecule has 0 saturated carbocycles. The van der Waals surface area contributed by atoms with Crippen LogP contribution in [0.4, 0.5) is 18.9 Å². The second-order valence-corrected chi connectivity index (χ2v) is 7.17. The van der Waals surface area contributed by atoms with E-state index in [1.807, 2.05) is 6.92 Å². The van der Waals surface area contributed by atoms with E-state index in [-0.39, 0.29) is 43.1 Å². The Bertz CT molecular complexity index is 813. The second kappa shape index (κ2) is 8.00. The van der Waals surface area contributed by atoms with Crippen molar-refractivity contribution in [3.63, 3.8) is 0 Å². The van der Waals surface area contributed by atoms with Crippen molar-refractivity contribution in [3.8, 4) is 11.3 Å². The standard InChI is InChI=1S/C18H20ClF3N4O/c1-11(2-3-27)25-15-5-16(19)23-7-13(15)17-14(20)4-12(6-24-17)8-26-9-18(21,22)10-26/h4-7,11,27H,2-3,8-10H2,1H3,(H,23,25)/t11-/m0/s1. The molecule has 27 heavy (non-hydrogen) atoms. The molecule has 1 fully saturated rings. The second-order valence-electron chi connectivity index (χ2n) is 6.79. The van der Waals surface area contributed by atoms with Gasteiger partial charge in [0.25, 0.3) is 5.92 Å². The van der Waals surface area contributed by atoms with Crippen LogP contribution in [0.5, 0.6) is 0 Å². The summed E-state index contributed by atoms with van der Waals surface area (Å²) in [5, 5.41) is 12.5. The first-order chi connectivity index (χ1) is 12.8. The minimum absolute atomic E-state index is 0.0131. The van der Waals surface area contributed by atoms with Crippen LogP contribution in [0.1, 0.15) is 18.9 Å². The minimum Gasteiger partial charge on any atom is -0.396 e. The Labute approximate surface area is 160 Å². The molecule has 1 atom stereocenters. The molecule has 0 unspecified atom stereocenters. The molecule has 146 valence electrons. The smallest absolute Gasteiger partial charge is 0.272 e. The summed E-state index contributed by atoms with van der Waals surface area (Å²) in [7, 11) is 0. The topological polar surface area (TPSA) is 61.3 Å². The van der Waals surface area contributed by atoms with E-state index in [0.29, 0.717) is 23.2 Å². The number of pyridine rings is 2. The fourth-order valence-electron chi connectivity index (χ4n) is 3.01. The zero-order valence-electron chi connectivity index (χ0n) is 14.7. The maximum Gasteiger partial charge on any atom is 0.272 e. The molecule has 9 heteroatoms. The Balaban J connectivity index is 1.81. The molecule has 0 amide bonds. The lowest BCUT2D eigenvalue weighted by molar-refractivity contribution is -0.133. The summed E-state index contributed by atoms with van der Waals surface area (Å²) >= 11 is 5.95. The largest absolute Gasteiger partial charge is 0.396 e. The van der Waals surface area contributed by atoms with Crippen molar-refractivity contribution in [3.05, 3.63) is 41.1 Å². The lowest BCUT2D eigenvalue weighted by Crippen LogP contribution is -2.55. The number of likely N-dealkylation sites (tertiary alicyclic amines) is 1. The number of hydrogen-bond acceptors (Lipinski definition) is 5. The van der Waals surface area contributed by atoms with E-state index < -0.39 is 11.7 Å². The van der Waals surface area contributed by atoms with Crippen LogP contribution in [0.25, 0.3) is 11.3 Å². The molecule has 3 rings (SSSR count). The van der Waals surface area contributed by atoms with Gasteiger partial charge in [-0.2, -0.15) is 0 Å². The molecule has 0 bridgehead atoms. The molecule has 0 radical (unpaired) electrons. The highest BCUT2D eigenvalue weighted by atomic mass is 35.5. The number of aromatic nitrogens is 2. The van der Waals surface area contributed by atoms with Crippen molar-refractivity contribution in [1.29, 1.82) is 0 Å². The van der Waals surface area contributed by atoms with E-state index in [1.165, 1.54) is 23.4 Å². The predicted octanol–water partition coefficient (Wildman–Crippen LogP) is 3.57. The third-order valence-corrected chi connectivity index (χ3v) is 4.51. The molecule has 1 saturated heterocycles. The number of rotatable bonds is 7. The van der Waals surface area contributed by atoms with E-state index in [4.69, 9.17) is 16.7 Å². The van der Waals surface area contributed by atoms with Crippen LogP contribution >= 0.6 is 11.6 Å². The molecule has 2 N–H and O–H groups in total. The molecular weight excluding hydrogens is 381 g/mol. The van der Waals surface area contributed by atoms with Gasteiger partial charge in [-0.25, -0.2) is 18.2 Å². The normalized spacial score (nSPS) is 17.4. The average molecular weight is 401 g/mol.